The number of fused-ring (bicyclic) bond motifs is 7. The number of hydrogen-bond acceptors (Lipinski definition) is 3. The second kappa shape index (κ2) is 13.4. The molecule has 1 aromatic heterocycles. The van der Waals surface area contributed by atoms with Crippen LogP contribution in [0.5, 0.6) is 0 Å². The largest absolute Gasteiger partial charge is 0.311 e. The molecule has 0 N–H and O–H groups in total. The second-order valence-electron chi connectivity index (χ2n) is 24.9. The van der Waals surface area contributed by atoms with Gasteiger partial charge >= 0.3 is 0 Å². The Bertz CT molecular complexity index is 2600. The Hall–Kier alpha value is -3.76. The first-order valence-electron chi connectivity index (χ1n) is 23.5. The fourth-order valence-electron chi connectivity index (χ4n) is 11.2. The van der Waals surface area contributed by atoms with Crippen molar-refractivity contribution in [1.82, 2.24) is 0 Å². The fourth-order valence-corrected chi connectivity index (χ4v) is 12.9. The highest BCUT2D eigenvalue weighted by atomic mass is 32.1. The maximum atomic E-state index is 2.80. The van der Waals surface area contributed by atoms with E-state index in [9.17, 15) is 0 Å². The van der Waals surface area contributed by atoms with Gasteiger partial charge in [0.25, 0.3) is 6.71 Å². The van der Waals surface area contributed by atoms with Crippen molar-refractivity contribution in [2.75, 3.05) is 9.80 Å². The molecule has 0 unspecified atom stereocenters. The number of hydrogen-bond donors (Lipinski definition) is 0. The molecule has 4 heteroatoms. The van der Waals surface area contributed by atoms with Crippen molar-refractivity contribution in [2.24, 2.45) is 0 Å². The third kappa shape index (κ3) is 6.53. The van der Waals surface area contributed by atoms with E-state index in [2.05, 4.69) is 212 Å². The molecule has 5 aromatic rings. The van der Waals surface area contributed by atoms with Gasteiger partial charge in [-0.2, -0.15) is 11.3 Å². The van der Waals surface area contributed by atoms with Gasteiger partial charge in [-0.25, -0.2) is 0 Å². The molecule has 0 radical (unpaired) electrons. The smallest absolute Gasteiger partial charge is 0.264 e. The number of benzene rings is 4. The van der Waals surface area contributed by atoms with Crippen LogP contribution in [0.4, 0.5) is 34.1 Å². The van der Waals surface area contributed by atoms with E-state index in [0.717, 1.165) is 6.42 Å². The lowest BCUT2D eigenvalue weighted by Gasteiger charge is -2.47. The molecule has 2 nitrogen and oxygen atoms in total. The van der Waals surface area contributed by atoms with Crippen molar-refractivity contribution in [1.29, 1.82) is 0 Å². The Morgan fingerprint density at radius 2 is 1.11 bits per heavy atom. The molecule has 61 heavy (non-hydrogen) atoms. The first-order chi connectivity index (χ1) is 28.2. The fraction of sp³-hybridized carbons (Fsp3) is 0.509. The van der Waals surface area contributed by atoms with Crippen LogP contribution in [0.25, 0.3) is 0 Å². The van der Waals surface area contributed by atoms with Gasteiger partial charge in [-0.1, -0.05) is 148 Å². The summed E-state index contributed by atoms with van der Waals surface area (Å²) >= 11 is 2.14. The van der Waals surface area contributed by atoms with Gasteiger partial charge in [0.05, 0.1) is 5.69 Å². The SMILES string of the molecule is CCC(C)(C)c1cc2c3c(c1)N(c1ccc4c(c1)C(C)(C)CCC4(C)C)c1c(sc4c1C(C)(C)CCC4(C)C)B3c1ccc(C(C)(C)C)cc1N2c1cccc(C(C)(C)C)c1. The first kappa shape index (κ1) is 42.5. The Labute approximate surface area is 374 Å². The van der Waals surface area contributed by atoms with E-state index in [0.29, 0.717) is 0 Å². The molecule has 0 bridgehead atoms. The van der Waals surface area contributed by atoms with E-state index in [-0.39, 0.29) is 44.6 Å². The molecule has 4 aliphatic rings. The third-order valence-corrected chi connectivity index (χ3v) is 17.8. The van der Waals surface area contributed by atoms with Crippen LogP contribution in [0, 0.1) is 0 Å². The minimum absolute atomic E-state index is 0.00479. The summed E-state index contributed by atoms with van der Waals surface area (Å²) in [5.41, 5.74) is 20.1. The van der Waals surface area contributed by atoms with Gasteiger partial charge in [-0.3, -0.25) is 0 Å². The Kier molecular flexibility index (Phi) is 9.33. The normalized spacial score (nSPS) is 19.5. The molecular formula is C57H73BN2S. The topological polar surface area (TPSA) is 6.48 Å². The van der Waals surface area contributed by atoms with Crippen LogP contribution < -0.4 is 25.5 Å². The quantitative estimate of drug-likeness (QED) is 0.163. The van der Waals surface area contributed by atoms with E-state index in [1.807, 2.05) is 0 Å². The van der Waals surface area contributed by atoms with Crippen LogP contribution in [0.1, 0.15) is 188 Å². The predicted octanol–water partition coefficient (Wildman–Crippen LogP) is 14.8. The standard InChI is InChI=1S/C57H73BN2S/c1-18-53(8,9)37-32-44-47-45(33-37)60(39-23-24-40-41(34-39)55(12,13)27-26-54(40,10)11)48-46-49(57(16,17)29-28-56(46,14)15)61-50(48)58(47)42-25-22-36(52(5,6)7)31-43(42)59(44)38-21-19-20-35(30-38)51(2,3)4/h19-25,30-34H,18,26-29H2,1-17H3. The summed E-state index contributed by atoms with van der Waals surface area (Å²) in [5.74, 6) is 0. The van der Waals surface area contributed by atoms with Crippen molar-refractivity contribution < 1.29 is 0 Å². The highest BCUT2D eigenvalue weighted by Crippen LogP contribution is 2.58. The minimum atomic E-state index is -0.0311. The van der Waals surface area contributed by atoms with Crippen LogP contribution in [0.2, 0.25) is 0 Å². The van der Waals surface area contributed by atoms with E-state index in [1.54, 1.807) is 10.4 Å². The number of nitrogens with zero attached hydrogens (tertiary/aromatic N) is 2. The molecule has 0 amide bonds. The van der Waals surface area contributed by atoms with Gasteiger partial charge in [-0.05, 0) is 157 Å². The second-order valence-corrected chi connectivity index (χ2v) is 25.9. The zero-order valence-electron chi connectivity index (χ0n) is 40.8. The monoisotopic (exact) mass is 829 g/mol. The van der Waals surface area contributed by atoms with Crippen molar-refractivity contribution in [3.8, 4) is 0 Å². The maximum absolute atomic E-state index is 2.80. The van der Waals surface area contributed by atoms with Crippen LogP contribution in [-0.4, -0.2) is 6.71 Å². The maximum Gasteiger partial charge on any atom is 0.264 e. The highest BCUT2D eigenvalue weighted by Gasteiger charge is 2.51. The summed E-state index contributed by atoms with van der Waals surface area (Å²) in [5, 5.41) is 0. The minimum Gasteiger partial charge on any atom is -0.311 e. The molecule has 0 saturated heterocycles. The number of rotatable bonds is 4. The molecule has 9 rings (SSSR count). The summed E-state index contributed by atoms with van der Waals surface area (Å²) in [6, 6.07) is 29.9. The number of anilines is 6. The van der Waals surface area contributed by atoms with Crippen LogP contribution >= 0.6 is 11.3 Å². The van der Waals surface area contributed by atoms with Gasteiger partial charge in [-0.15, -0.1) is 0 Å². The van der Waals surface area contributed by atoms with Gasteiger partial charge in [0.15, 0.2) is 0 Å². The summed E-state index contributed by atoms with van der Waals surface area (Å²) < 4.78 is 1.52. The van der Waals surface area contributed by atoms with Crippen LogP contribution in [0.3, 0.4) is 0 Å². The lowest BCUT2D eigenvalue weighted by molar-refractivity contribution is 0.332. The summed E-state index contributed by atoms with van der Waals surface area (Å²) in [4.78, 5) is 7.07. The Morgan fingerprint density at radius 1 is 0.557 bits per heavy atom. The molecule has 0 saturated carbocycles. The predicted molar refractivity (Wildman–Crippen MR) is 270 cm³/mol. The van der Waals surface area contributed by atoms with E-state index in [4.69, 9.17) is 0 Å². The molecule has 2 aliphatic carbocycles. The summed E-state index contributed by atoms with van der Waals surface area (Å²) in [7, 11) is 0. The van der Waals surface area contributed by atoms with E-state index < -0.39 is 0 Å². The van der Waals surface area contributed by atoms with Crippen LogP contribution in [-0.2, 0) is 37.9 Å². The first-order valence-corrected chi connectivity index (χ1v) is 24.4. The van der Waals surface area contributed by atoms with Gasteiger partial charge in [0.2, 0.25) is 0 Å². The molecule has 4 aromatic carbocycles. The van der Waals surface area contributed by atoms with Crippen molar-refractivity contribution in [3.63, 3.8) is 0 Å². The van der Waals surface area contributed by atoms with E-state index in [1.165, 1.54) is 103 Å². The zero-order valence-corrected chi connectivity index (χ0v) is 41.7. The molecule has 0 atom stereocenters. The van der Waals surface area contributed by atoms with E-state index >= 15 is 0 Å². The lowest BCUT2D eigenvalue weighted by atomic mass is 9.35. The van der Waals surface area contributed by atoms with Crippen molar-refractivity contribution in [3.05, 3.63) is 111 Å². The average molecular weight is 829 g/mol. The Morgan fingerprint density at radius 3 is 1.75 bits per heavy atom. The van der Waals surface area contributed by atoms with Crippen molar-refractivity contribution >= 4 is 67.9 Å². The lowest BCUT2D eigenvalue weighted by Crippen LogP contribution is -2.61. The summed E-state index contributed by atoms with van der Waals surface area (Å²) in [6.07, 6.45) is 5.86. The summed E-state index contributed by atoms with van der Waals surface area (Å²) in [6.45, 7) is 41.5. The highest BCUT2D eigenvalue weighted by molar-refractivity contribution is 7.29. The van der Waals surface area contributed by atoms with Crippen molar-refractivity contribution in [2.45, 2.75) is 188 Å². The molecule has 0 spiro atoms. The molecule has 320 valence electrons. The molecular weight excluding hydrogens is 756 g/mol. The zero-order chi connectivity index (χ0) is 44.2. The molecule has 0 fully saturated rings. The van der Waals surface area contributed by atoms with Gasteiger partial charge in [0.1, 0.15) is 0 Å². The molecule has 3 heterocycles. The third-order valence-electron chi connectivity index (χ3n) is 16.1. The van der Waals surface area contributed by atoms with Gasteiger partial charge < -0.3 is 9.80 Å². The average Bonchev–Trinajstić information content (AvgIpc) is 3.60. The number of thiophene rings is 1. The van der Waals surface area contributed by atoms with Gasteiger partial charge in [0, 0.05) is 38.1 Å². The Balaban J connectivity index is 1.46. The molecule has 2 aliphatic heterocycles. The van der Waals surface area contributed by atoms with Crippen LogP contribution in [0.15, 0.2) is 72.8 Å².